The predicted octanol–water partition coefficient (Wildman–Crippen LogP) is 3.56. The highest BCUT2D eigenvalue weighted by atomic mass is 32.2. The van der Waals surface area contributed by atoms with E-state index in [1.54, 1.807) is 6.08 Å². The molecule has 1 aromatic heterocycles. The minimum atomic E-state index is -0.251. The molecule has 0 aliphatic carbocycles. The van der Waals surface area contributed by atoms with E-state index in [0.717, 1.165) is 16.5 Å². The Balaban J connectivity index is 2.15. The zero-order chi connectivity index (χ0) is 18.6. The number of nitrogens with zero attached hydrogens (tertiary/aromatic N) is 3. The molecule has 2 aromatic rings. The maximum Gasteiger partial charge on any atom is 0.233 e. The van der Waals surface area contributed by atoms with E-state index in [-0.39, 0.29) is 16.6 Å². The number of nitrogens with one attached hydrogen (secondary N) is 1. The predicted molar refractivity (Wildman–Crippen MR) is 104 cm³/mol. The molecule has 5 nitrogen and oxygen atoms in total. The first kappa shape index (κ1) is 19.2. The van der Waals surface area contributed by atoms with Crippen molar-refractivity contribution in [1.29, 1.82) is 0 Å². The lowest BCUT2D eigenvalue weighted by Gasteiger charge is -2.19. The molecule has 25 heavy (non-hydrogen) atoms. The molecule has 0 radical (unpaired) electrons. The third kappa shape index (κ3) is 4.72. The van der Waals surface area contributed by atoms with Gasteiger partial charge in [-0.2, -0.15) is 0 Å². The molecule has 1 N–H and O–H groups in total. The topological polar surface area (TPSA) is 59.8 Å². The zero-order valence-corrected chi connectivity index (χ0v) is 16.4. The molecule has 0 fully saturated rings. The minimum absolute atomic E-state index is 0.0380. The third-order valence-electron chi connectivity index (χ3n) is 3.92. The van der Waals surface area contributed by atoms with Crippen LogP contribution in [-0.2, 0) is 17.3 Å². The zero-order valence-electron chi connectivity index (χ0n) is 15.5. The Labute approximate surface area is 153 Å². The average Bonchev–Trinajstić information content (AvgIpc) is 2.92. The number of hydrogen-bond donors (Lipinski definition) is 1. The molecule has 6 heteroatoms. The molecule has 0 saturated heterocycles. The Bertz CT molecular complexity index is 744. The summed E-state index contributed by atoms with van der Waals surface area (Å²) in [7, 11) is 1.92. The number of rotatable bonds is 6. The number of aromatic nitrogens is 3. The van der Waals surface area contributed by atoms with Gasteiger partial charge in [0.1, 0.15) is 0 Å². The van der Waals surface area contributed by atoms with Gasteiger partial charge in [-0.25, -0.2) is 0 Å². The summed E-state index contributed by atoms with van der Waals surface area (Å²) >= 11 is 1.39. The lowest BCUT2D eigenvalue weighted by Crippen LogP contribution is -2.31. The molecular weight excluding hydrogens is 332 g/mol. The van der Waals surface area contributed by atoms with Gasteiger partial charge >= 0.3 is 0 Å². The van der Waals surface area contributed by atoms with Crippen molar-refractivity contribution >= 4 is 17.7 Å². The second kappa shape index (κ2) is 7.87. The first-order chi connectivity index (χ1) is 11.7. The highest BCUT2D eigenvalue weighted by Gasteiger charge is 2.19. The fourth-order valence-corrected chi connectivity index (χ4v) is 3.16. The maximum atomic E-state index is 12.0. The van der Waals surface area contributed by atoms with Crippen molar-refractivity contribution in [3.8, 4) is 11.4 Å². The first-order valence-electron chi connectivity index (χ1n) is 8.29. The average molecular weight is 359 g/mol. The Hall–Kier alpha value is -2.08. The van der Waals surface area contributed by atoms with Gasteiger partial charge in [0.25, 0.3) is 0 Å². The maximum absolute atomic E-state index is 12.0. The molecule has 0 saturated carbocycles. The molecule has 0 spiro atoms. The summed E-state index contributed by atoms with van der Waals surface area (Å²) in [5.74, 6) is 0.755. The van der Waals surface area contributed by atoms with Crippen LogP contribution in [0.5, 0.6) is 0 Å². The van der Waals surface area contributed by atoms with Crippen LogP contribution < -0.4 is 5.32 Å². The van der Waals surface area contributed by atoms with Crippen molar-refractivity contribution in [2.45, 2.75) is 43.5 Å². The molecule has 0 aliphatic rings. The molecule has 1 unspecified atom stereocenters. The second-order valence-electron chi connectivity index (χ2n) is 6.99. The standard InChI is InChI=1S/C19H26N4OS/c1-7-12-20-17(24)13(2)25-18-22-21-16(23(18)6)14-8-10-15(11-9-14)19(3,4)5/h7-11,13H,1,12H2,2-6H3,(H,20,24). The van der Waals surface area contributed by atoms with Gasteiger partial charge in [0.15, 0.2) is 11.0 Å². The van der Waals surface area contributed by atoms with Crippen LogP contribution in [0, 0.1) is 0 Å². The number of carbonyl (C=O) groups is 1. The summed E-state index contributed by atoms with van der Waals surface area (Å²) in [5, 5.41) is 11.8. The molecule has 1 atom stereocenters. The van der Waals surface area contributed by atoms with Crippen LogP contribution in [0.15, 0.2) is 42.1 Å². The van der Waals surface area contributed by atoms with E-state index in [2.05, 4.69) is 67.1 Å². The second-order valence-corrected chi connectivity index (χ2v) is 8.29. The van der Waals surface area contributed by atoms with Gasteiger partial charge in [-0.3, -0.25) is 4.79 Å². The smallest absolute Gasteiger partial charge is 0.233 e. The van der Waals surface area contributed by atoms with Gasteiger partial charge in [-0.1, -0.05) is 62.9 Å². The largest absolute Gasteiger partial charge is 0.352 e. The summed E-state index contributed by atoms with van der Waals surface area (Å²) in [6.45, 7) is 12.5. The van der Waals surface area contributed by atoms with Crippen molar-refractivity contribution < 1.29 is 4.79 Å². The van der Waals surface area contributed by atoms with E-state index in [1.165, 1.54) is 17.3 Å². The molecule has 0 aliphatic heterocycles. The molecule has 1 amide bonds. The van der Waals surface area contributed by atoms with Crippen molar-refractivity contribution in [2.75, 3.05) is 6.54 Å². The molecule has 134 valence electrons. The van der Waals surface area contributed by atoms with Crippen molar-refractivity contribution in [2.24, 2.45) is 7.05 Å². The number of thioether (sulfide) groups is 1. The van der Waals surface area contributed by atoms with E-state index < -0.39 is 0 Å². The Morgan fingerprint density at radius 3 is 2.52 bits per heavy atom. The Morgan fingerprint density at radius 1 is 1.32 bits per heavy atom. The van der Waals surface area contributed by atoms with Crippen LogP contribution in [0.2, 0.25) is 0 Å². The monoisotopic (exact) mass is 358 g/mol. The quantitative estimate of drug-likeness (QED) is 0.633. The highest BCUT2D eigenvalue weighted by molar-refractivity contribution is 8.00. The first-order valence-corrected chi connectivity index (χ1v) is 9.17. The minimum Gasteiger partial charge on any atom is -0.352 e. The number of hydrogen-bond acceptors (Lipinski definition) is 4. The fraction of sp³-hybridized carbons (Fsp3) is 0.421. The van der Waals surface area contributed by atoms with Crippen LogP contribution in [0.3, 0.4) is 0 Å². The molecule has 2 rings (SSSR count). The van der Waals surface area contributed by atoms with Crippen LogP contribution in [0.1, 0.15) is 33.3 Å². The third-order valence-corrected chi connectivity index (χ3v) is 5.05. The van der Waals surface area contributed by atoms with Gasteiger partial charge in [0.05, 0.1) is 5.25 Å². The molecule has 1 heterocycles. The van der Waals surface area contributed by atoms with E-state index in [4.69, 9.17) is 0 Å². The van der Waals surface area contributed by atoms with Crippen LogP contribution in [-0.4, -0.2) is 32.5 Å². The molecular formula is C19H26N4OS. The fourth-order valence-electron chi connectivity index (χ4n) is 2.32. The van der Waals surface area contributed by atoms with E-state index >= 15 is 0 Å². The molecule has 0 bridgehead atoms. The van der Waals surface area contributed by atoms with Crippen LogP contribution >= 0.6 is 11.8 Å². The van der Waals surface area contributed by atoms with Gasteiger partial charge in [-0.05, 0) is 17.9 Å². The SMILES string of the molecule is C=CCNC(=O)C(C)Sc1nnc(-c2ccc(C(C)(C)C)cc2)n1C. The van der Waals surface area contributed by atoms with E-state index in [9.17, 15) is 4.79 Å². The summed E-state index contributed by atoms with van der Waals surface area (Å²) in [6, 6.07) is 8.39. The van der Waals surface area contributed by atoms with Crippen molar-refractivity contribution in [3.63, 3.8) is 0 Å². The summed E-state index contributed by atoms with van der Waals surface area (Å²) in [6.07, 6.45) is 1.66. The van der Waals surface area contributed by atoms with Gasteiger partial charge in [-0.15, -0.1) is 16.8 Å². The van der Waals surface area contributed by atoms with E-state index in [1.807, 2.05) is 18.5 Å². The number of carbonyl (C=O) groups excluding carboxylic acids is 1. The van der Waals surface area contributed by atoms with E-state index in [0.29, 0.717) is 6.54 Å². The summed E-state index contributed by atoms with van der Waals surface area (Å²) in [5.41, 5.74) is 2.41. The summed E-state index contributed by atoms with van der Waals surface area (Å²) < 4.78 is 1.92. The van der Waals surface area contributed by atoms with Crippen LogP contribution in [0.25, 0.3) is 11.4 Å². The summed E-state index contributed by atoms with van der Waals surface area (Å²) in [4.78, 5) is 12.0. The number of benzene rings is 1. The van der Waals surface area contributed by atoms with Gasteiger partial charge in [0, 0.05) is 19.2 Å². The van der Waals surface area contributed by atoms with Gasteiger partial charge in [0.2, 0.25) is 5.91 Å². The normalized spacial score (nSPS) is 12.7. The Morgan fingerprint density at radius 2 is 1.96 bits per heavy atom. The molecule has 1 aromatic carbocycles. The van der Waals surface area contributed by atoms with Gasteiger partial charge < -0.3 is 9.88 Å². The van der Waals surface area contributed by atoms with Crippen molar-refractivity contribution in [3.05, 3.63) is 42.5 Å². The highest BCUT2D eigenvalue weighted by Crippen LogP contribution is 2.28. The lowest BCUT2D eigenvalue weighted by molar-refractivity contribution is -0.120. The number of amides is 1. The van der Waals surface area contributed by atoms with Crippen LogP contribution in [0.4, 0.5) is 0 Å². The lowest BCUT2D eigenvalue weighted by atomic mass is 9.87. The Kier molecular flexibility index (Phi) is 6.06. The van der Waals surface area contributed by atoms with Crippen molar-refractivity contribution in [1.82, 2.24) is 20.1 Å².